The van der Waals surface area contributed by atoms with Gasteiger partial charge in [-0.15, -0.1) is 0 Å². The Morgan fingerprint density at radius 2 is 0.981 bits per heavy atom. The molecule has 52 heavy (non-hydrogen) atoms. The van der Waals surface area contributed by atoms with E-state index in [1.807, 2.05) is 0 Å². The number of phosphoric ester groups is 1. The zero-order chi connectivity index (χ0) is 38.2. The van der Waals surface area contributed by atoms with Crippen LogP contribution in [0.2, 0.25) is 0 Å². The number of ether oxygens (including phenoxy) is 2. The first-order valence-corrected chi connectivity index (χ1v) is 22.3. The van der Waals surface area contributed by atoms with Crippen molar-refractivity contribution in [2.75, 3.05) is 20.3 Å². The van der Waals surface area contributed by atoms with Gasteiger partial charge in [0.2, 0.25) is 0 Å². The van der Waals surface area contributed by atoms with E-state index >= 15 is 0 Å². The van der Waals surface area contributed by atoms with Crippen LogP contribution in [0.15, 0.2) is 48.6 Å². The third-order valence-electron chi connectivity index (χ3n) is 8.84. The van der Waals surface area contributed by atoms with Crippen molar-refractivity contribution in [1.82, 2.24) is 0 Å². The topological polar surface area (TPSA) is 108 Å². The van der Waals surface area contributed by atoms with Gasteiger partial charge in [-0.2, -0.15) is 0 Å². The summed E-state index contributed by atoms with van der Waals surface area (Å²) in [6.07, 6.45) is 46.0. The van der Waals surface area contributed by atoms with Crippen LogP contribution in [0.1, 0.15) is 187 Å². The lowest BCUT2D eigenvalue weighted by atomic mass is 10.0. The molecule has 302 valence electrons. The quantitative estimate of drug-likeness (QED) is 0.0287. The molecule has 0 aliphatic carbocycles. The minimum Gasteiger partial charge on any atom is -0.462 e. The Morgan fingerprint density at radius 1 is 0.558 bits per heavy atom. The summed E-state index contributed by atoms with van der Waals surface area (Å²) < 4.78 is 31.9. The van der Waals surface area contributed by atoms with E-state index in [9.17, 15) is 19.0 Å². The summed E-state index contributed by atoms with van der Waals surface area (Å²) in [5.74, 6) is -0.849. The number of allylic oxidation sites excluding steroid dienone is 8. The Labute approximate surface area is 318 Å². The molecule has 0 aromatic heterocycles. The van der Waals surface area contributed by atoms with E-state index in [1.165, 1.54) is 96.3 Å². The minimum atomic E-state index is -4.27. The first-order valence-electron chi connectivity index (χ1n) is 20.8. The Hall–Kier alpha value is -1.99. The van der Waals surface area contributed by atoms with E-state index in [-0.39, 0.29) is 25.4 Å². The molecule has 0 spiro atoms. The molecule has 0 aromatic carbocycles. The van der Waals surface area contributed by atoms with Crippen molar-refractivity contribution in [2.24, 2.45) is 0 Å². The first kappa shape index (κ1) is 50.0. The maximum Gasteiger partial charge on any atom is 0.472 e. The number of carbonyl (C=O) groups is 2. The molecule has 0 bridgehead atoms. The summed E-state index contributed by atoms with van der Waals surface area (Å²) in [7, 11) is -3.22. The molecule has 0 radical (unpaired) electrons. The normalized spacial score (nSPS) is 13.8. The van der Waals surface area contributed by atoms with Crippen molar-refractivity contribution in [3.05, 3.63) is 48.6 Å². The van der Waals surface area contributed by atoms with E-state index in [0.29, 0.717) is 6.42 Å². The fourth-order valence-corrected chi connectivity index (χ4v) is 6.11. The lowest BCUT2D eigenvalue weighted by Crippen LogP contribution is -2.29. The molecule has 0 rings (SSSR count). The minimum absolute atomic E-state index is 0.193. The highest BCUT2D eigenvalue weighted by Gasteiger charge is 2.24. The lowest BCUT2D eigenvalue weighted by Gasteiger charge is -2.19. The van der Waals surface area contributed by atoms with Crippen LogP contribution in [0.4, 0.5) is 0 Å². The average molecular weight is 753 g/mol. The van der Waals surface area contributed by atoms with Crippen molar-refractivity contribution in [3.63, 3.8) is 0 Å². The van der Waals surface area contributed by atoms with E-state index in [1.54, 1.807) is 0 Å². The molecule has 0 saturated heterocycles. The lowest BCUT2D eigenvalue weighted by molar-refractivity contribution is -0.161. The standard InChI is InChI=1S/C43H77O8P/c1-4-6-8-10-12-14-16-18-20-21-22-24-25-27-29-31-33-35-37-42(44)49-39-41(40-50-52(46,47)48-3)51-43(45)38-36-34-32-30-28-26-23-19-17-15-13-11-9-7-5-2/h7,9,13,15,19,23,28,30,41H,4-6,8,10-12,14,16-18,20-22,24-27,29,31-40H2,1-3H3,(H,46,47)/b9-7-,15-13-,23-19-,30-28-. The van der Waals surface area contributed by atoms with Gasteiger partial charge >= 0.3 is 19.8 Å². The highest BCUT2D eigenvalue weighted by atomic mass is 31.2. The molecule has 0 aliphatic heterocycles. The van der Waals surface area contributed by atoms with Crippen LogP contribution in [0, 0.1) is 0 Å². The smallest absolute Gasteiger partial charge is 0.462 e. The van der Waals surface area contributed by atoms with Crippen LogP contribution in [0.3, 0.4) is 0 Å². The molecule has 0 heterocycles. The number of carbonyl (C=O) groups excluding carboxylic acids is 2. The van der Waals surface area contributed by atoms with Gasteiger partial charge in [0.1, 0.15) is 6.61 Å². The van der Waals surface area contributed by atoms with Crippen molar-refractivity contribution < 1.29 is 37.6 Å². The largest absolute Gasteiger partial charge is 0.472 e. The number of phosphoric acid groups is 1. The van der Waals surface area contributed by atoms with Gasteiger partial charge in [0, 0.05) is 20.0 Å². The number of hydrogen-bond acceptors (Lipinski definition) is 7. The van der Waals surface area contributed by atoms with Crippen LogP contribution >= 0.6 is 7.82 Å². The van der Waals surface area contributed by atoms with Gasteiger partial charge in [0.05, 0.1) is 6.61 Å². The van der Waals surface area contributed by atoms with Crippen molar-refractivity contribution in [2.45, 2.75) is 193 Å². The van der Waals surface area contributed by atoms with Gasteiger partial charge in [0.15, 0.2) is 6.10 Å². The van der Waals surface area contributed by atoms with Gasteiger partial charge < -0.3 is 14.4 Å². The van der Waals surface area contributed by atoms with Crippen LogP contribution in [-0.4, -0.2) is 43.3 Å². The summed E-state index contributed by atoms with van der Waals surface area (Å²) in [5, 5.41) is 0. The molecule has 2 atom stereocenters. The maximum atomic E-state index is 12.5. The Bertz CT molecular complexity index is 990. The fourth-order valence-electron chi connectivity index (χ4n) is 5.65. The zero-order valence-corrected chi connectivity index (χ0v) is 34.3. The van der Waals surface area contributed by atoms with E-state index < -0.39 is 26.5 Å². The molecule has 0 fully saturated rings. The SMILES string of the molecule is CC/C=C\C/C=C\C/C=C\C/C=C\CCCCC(=O)OC(COC(=O)CCCCCCCCCCCCCCCCCCCC)COP(=O)(O)OC. The summed E-state index contributed by atoms with van der Waals surface area (Å²) in [5.41, 5.74) is 0. The van der Waals surface area contributed by atoms with Crippen LogP contribution in [0.25, 0.3) is 0 Å². The van der Waals surface area contributed by atoms with Crippen LogP contribution in [-0.2, 0) is 32.7 Å². The van der Waals surface area contributed by atoms with E-state index in [4.69, 9.17) is 14.0 Å². The highest BCUT2D eigenvalue weighted by molar-refractivity contribution is 7.47. The van der Waals surface area contributed by atoms with E-state index in [0.717, 1.165) is 64.9 Å². The van der Waals surface area contributed by atoms with Gasteiger partial charge in [0.25, 0.3) is 0 Å². The first-order chi connectivity index (χ1) is 25.3. The second kappa shape index (κ2) is 38.7. The van der Waals surface area contributed by atoms with Crippen molar-refractivity contribution >= 4 is 19.8 Å². The molecule has 2 unspecified atom stereocenters. The highest BCUT2D eigenvalue weighted by Crippen LogP contribution is 2.42. The van der Waals surface area contributed by atoms with Gasteiger partial charge in [-0.1, -0.05) is 172 Å². The molecule has 8 nitrogen and oxygen atoms in total. The van der Waals surface area contributed by atoms with Crippen LogP contribution < -0.4 is 0 Å². The summed E-state index contributed by atoms with van der Waals surface area (Å²) in [6.45, 7) is 3.75. The third-order valence-corrected chi connectivity index (χ3v) is 9.77. The maximum absolute atomic E-state index is 12.5. The Kier molecular flexibility index (Phi) is 37.2. The number of rotatable bonds is 38. The number of hydrogen-bond donors (Lipinski definition) is 1. The second-order valence-electron chi connectivity index (χ2n) is 13.7. The molecule has 0 saturated carbocycles. The van der Waals surface area contributed by atoms with Gasteiger partial charge in [-0.05, 0) is 51.4 Å². The molecular formula is C43H77O8P. The number of unbranched alkanes of at least 4 members (excludes halogenated alkanes) is 19. The summed E-state index contributed by atoms with van der Waals surface area (Å²) in [6, 6.07) is 0. The Morgan fingerprint density at radius 3 is 1.46 bits per heavy atom. The van der Waals surface area contributed by atoms with E-state index in [2.05, 4.69) is 67.0 Å². The summed E-state index contributed by atoms with van der Waals surface area (Å²) in [4.78, 5) is 34.4. The average Bonchev–Trinajstić information content (AvgIpc) is 3.13. The summed E-state index contributed by atoms with van der Waals surface area (Å²) >= 11 is 0. The zero-order valence-electron chi connectivity index (χ0n) is 33.5. The molecule has 1 N–H and O–H groups in total. The Balaban J connectivity index is 4.04. The molecule has 9 heteroatoms. The van der Waals surface area contributed by atoms with Crippen LogP contribution in [0.5, 0.6) is 0 Å². The molecular weight excluding hydrogens is 675 g/mol. The van der Waals surface area contributed by atoms with Gasteiger partial charge in [-0.25, -0.2) is 4.57 Å². The third kappa shape index (κ3) is 37.8. The fraction of sp³-hybridized carbons (Fsp3) is 0.767. The monoisotopic (exact) mass is 753 g/mol. The van der Waals surface area contributed by atoms with Crippen molar-refractivity contribution in [3.8, 4) is 0 Å². The molecule has 0 aliphatic rings. The predicted molar refractivity (Wildman–Crippen MR) is 216 cm³/mol. The second-order valence-corrected chi connectivity index (χ2v) is 15.3. The van der Waals surface area contributed by atoms with Crippen molar-refractivity contribution in [1.29, 1.82) is 0 Å². The molecule has 0 amide bonds. The van der Waals surface area contributed by atoms with Gasteiger partial charge in [-0.3, -0.25) is 18.6 Å². The molecule has 0 aromatic rings. The predicted octanol–water partition coefficient (Wildman–Crippen LogP) is 13.0. The number of esters is 2.